The van der Waals surface area contributed by atoms with Crippen molar-refractivity contribution in [2.24, 2.45) is 97.1 Å². The van der Waals surface area contributed by atoms with Crippen molar-refractivity contribution in [3.8, 4) is 0 Å². The quantitative estimate of drug-likeness (QED) is 0.0435. The largest absolute Gasteiger partial charge is 0.469 e. The van der Waals surface area contributed by atoms with E-state index in [1.54, 1.807) is 18.2 Å². The molecule has 1 aromatic rings. The fourth-order valence-electron chi connectivity index (χ4n) is 26.8. The van der Waals surface area contributed by atoms with Crippen molar-refractivity contribution in [1.82, 2.24) is 0 Å². The molecular formula is C85H110O26. The number of methoxy groups -OCH3 is 1. The van der Waals surface area contributed by atoms with Gasteiger partial charge in [-0.15, -0.1) is 0 Å². The van der Waals surface area contributed by atoms with Crippen LogP contribution in [0.4, 0.5) is 0 Å². The number of esters is 4. The van der Waals surface area contributed by atoms with E-state index in [4.69, 9.17) is 42.3 Å². The van der Waals surface area contributed by atoms with Gasteiger partial charge >= 0.3 is 29.5 Å². The van der Waals surface area contributed by atoms with Crippen molar-refractivity contribution in [2.45, 2.75) is 269 Å². The zero-order chi connectivity index (χ0) is 80.5. The number of fused-ring (bicyclic) bond motifs is 11. The van der Waals surface area contributed by atoms with Crippen LogP contribution in [0.2, 0.25) is 0 Å². The summed E-state index contributed by atoms with van der Waals surface area (Å²) in [4.78, 5) is 99.6. The van der Waals surface area contributed by atoms with E-state index in [1.807, 2.05) is 46.8 Å². The molecule has 10 fully saturated rings. The van der Waals surface area contributed by atoms with E-state index in [0.717, 1.165) is 11.1 Å². The monoisotopic (exact) mass is 1550 g/mol. The van der Waals surface area contributed by atoms with Crippen molar-refractivity contribution >= 4 is 41.2 Å². The van der Waals surface area contributed by atoms with Gasteiger partial charge in [0.15, 0.2) is 23.6 Å². The zero-order valence-electron chi connectivity index (χ0n) is 65.5. The number of Topliss-reactive ketones (excluding diaryl/α,β-unsaturated/α-hetero) is 1. The standard InChI is InChI=1S/C29H40O12.C29H38O7.C27H32O7/c1-26-7-4-14-15(28(26,37)10-16(31)20(26)13-2-3-19(32)38-12-13)5-9-29(24-17(39-24)6-8-27(14,29)36)41-25-23(35)22(34)21(33)18(11-30)40-25;1-14-15(2)28(7)18(17-11-23(32)35-25(17)33)12-21-29(28,36-21)16(3)24(14)27(6)10-9-20(30)26(4,5)19(27)13-22(31)34-8;1-13(28)33-21-12-18-25(2,3)20(30)8-9-26(18,4)19-11-17(29)23-14(6-7-16(23)27(19,21)5)15-10-22(31)34-24(15)32/h2-3,12,14-18,20-25,30-31,33-37H,4-11H2,1H3;9-11,14-15,18-19,21,24-25,33H,3,12-13H2,1-2,4-8H3;8-10,14,18-19,21,24,32H,6-7,11-12H2,1-5H3/t;14-,15+,18+,19+,21-,24?,25?,27+,28+,29?;/m.1./s1. The number of cyclic esters (lactones) is 2. The summed E-state index contributed by atoms with van der Waals surface area (Å²) in [6.45, 7) is 28.1. The molecule has 0 radical (unpaired) electrons. The molecule has 606 valence electrons. The molecule has 3 saturated heterocycles. The van der Waals surface area contributed by atoms with Crippen LogP contribution in [0.1, 0.15) is 178 Å². The molecule has 26 nitrogen and oxygen atoms in total. The summed E-state index contributed by atoms with van der Waals surface area (Å²) in [7, 11) is 1.38. The number of hydrogen-bond donors (Lipinski definition) is 9. The number of hydrogen-bond acceptors (Lipinski definition) is 26. The van der Waals surface area contributed by atoms with Crippen LogP contribution in [0, 0.1) is 97.1 Å². The summed E-state index contributed by atoms with van der Waals surface area (Å²) in [5.74, 6) is -3.85. The summed E-state index contributed by atoms with van der Waals surface area (Å²) in [6, 6.07) is 2.96. The van der Waals surface area contributed by atoms with E-state index in [-0.39, 0.29) is 120 Å². The Bertz CT molecular complexity index is 4290. The predicted octanol–water partition coefficient (Wildman–Crippen LogP) is 5.87. The van der Waals surface area contributed by atoms with Crippen molar-refractivity contribution in [3.63, 3.8) is 0 Å². The Balaban J connectivity index is 0.000000133. The van der Waals surface area contributed by atoms with Gasteiger partial charge in [-0.3, -0.25) is 24.0 Å². The van der Waals surface area contributed by atoms with Crippen LogP contribution in [0.25, 0.3) is 0 Å². The maximum atomic E-state index is 13.7. The van der Waals surface area contributed by atoms with Gasteiger partial charge in [0.25, 0.3) is 0 Å². The number of ketones is 3. The number of carbonyl (C=O) groups excluding carboxylic acids is 7. The van der Waals surface area contributed by atoms with Gasteiger partial charge in [0.2, 0.25) is 12.6 Å². The molecule has 11 aliphatic carbocycles. The Labute approximate surface area is 645 Å². The maximum Gasteiger partial charge on any atom is 0.335 e. The summed E-state index contributed by atoms with van der Waals surface area (Å²) < 4.78 is 50.7. The van der Waals surface area contributed by atoms with Gasteiger partial charge in [0.1, 0.15) is 47.8 Å². The second-order valence-electron chi connectivity index (χ2n) is 37.7. The number of ether oxygens (including phenoxy) is 8. The average molecular weight is 1550 g/mol. The highest BCUT2D eigenvalue weighted by molar-refractivity contribution is 6.01. The Kier molecular flexibility index (Phi) is 19.2. The zero-order valence-corrected chi connectivity index (χ0v) is 65.5. The van der Waals surface area contributed by atoms with E-state index in [9.17, 15) is 84.3 Å². The first-order valence-electron chi connectivity index (χ1n) is 39.8. The second-order valence-corrected chi connectivity index (χ2v) is 37.7. The van der Waals surface area contributed by atoms with Crippen molar-refractivity contribution in [3.05, 3.63) is 105 Å². The number of rotatable bonds is 10. The lowest BCUT2D eigenvalue weighted by Gasteiger charge is -2.65. The molecule has 17 rings (SSSR count). The molecule has 1 spiro atoms. The maximum absolute atomic E-state index is 13.7. The Morgan fingerprint density at radius 2 is 1.35 bits per heavy atom. The van der Waals surface area contributed by atoms with E-state index in [2.05, 4.69) is 48.1 Å². The second kappa shape index (κ2) is 26.7. The minimum Gasteiger partial charge on any atom is -0.469 e. The third-order valence-electron chi connectivity index (χ3n) is 32.7. The number of aliphatic hydroxyl groups excluding tert-OH is 7. The van der Waals surface area contributed by atoms with Gasteiger partial charge in [-0.05, 0) is 158 Å². The highest BCUT2D eigenvalue weighted by Gasteiger charge is 2.83. The average Bonchev–Trinajstić information content (AvgIpc) is 1.48. The van der Waals surface area contributed by atoms with Crippen LogP contribution < -0.4 is 5.63 Å². The van der Waals surface area contributed by atoms with Crippen LogP contribution in [0.15, 0.2) is 98.5 Å². The summed E-state index contributed by atoms with van der Waals surface area (Å²) in [5.41, 5.74) is -5.05. The number of aliphatic hydroxyl groups is 9. The lowest BCUT2D eigenvalue weighted by molar-refractivity contribution is -0.372. The van der Waals surface area contributed by atoms with Crippen molar-refractivity contribution in [2.75, 3.05) is 13.7 Å². The first-order chi connectivity index (χ1) is 51.9. The van der Waals surface area contributed by atoms with Crippen LogP contribution in [-0.4, -0.2) is 197 Å². The fourth-order valence-corrected chi connectivity index (χ4v) is 26.8. The third kappa shape index (κ3) is 11.1. The van der Waals surface area contributed by atoms with Gasteiger partial charge < -0.3 is 88.3 Å². The third-order valence-corrected chi connectivity index (χ3v) is 32.7. The van der Waals surface area contributed by atoms with Crippen LogP contribution in [-0.2, 0) is 71.5 Å². The predicted molar refractivity (Wildman–Crippen MR) is 389 cm³/mol. The topological polar surface area (TPSA) is 412 Å². The Morgan fingerprint density at radius 3 is 1.97 bits per heavy atom. The van der Waals surface area contributed by atoms with Crippen LogP contribution in [0.3, 0.4) is 0 Å². The molecule has 111 heavy (non-hydrogen) atoms. The molecule has 0 amide bonds. The van der Waals surface area contributed by atoms with E-state index in [0.29, 0.717) is 80.1 Å². The molecule has 0 bridgehead atoms. The molecule has 1 aromatic heterocycles. The minimum atomic E-state index is -1.63. The van der Waals surface area contributed by atoms with Crippen molar-refractivity contribution < 1.29 is 122 Å². The smallest absolute Gasteiger partial charge is 0.335 e. The molecule has 9 N–H and O–H groups in total. The summed E-state index contributed by atoms with van der Waals surface area (Å²) >= 11 is 0. The van der Waals surface area contributed by atoms with E-state index < -0.39 is 158 Å². The minimum absolute atomic E-state index is 0.000944. The summed E-state index contributed by atoms with van der Waals surface area (Å²) in [6.07, 6.45) is 4.96. The first-order valence-corrected chi connectivity index (χ1v) is 39.8. The molecule has 16 aliphatic rings. The normalized spacial score (nSPS) is 49.5. The number of allylic oxidation sites excluding steroid dienone is 5. The summed E-state index contributed by atoms with van der Waals surface area (Å²) in [5, 5.41) is 98.4. The van der Waals surface area contributed by atoms with Gasteiger partial charge in [0, 0.05) is 93.6 Å². The van der Waals surface area contributed by atoms with E-state index in [1.165, 1.54) is 38.5 Å². The lowest BCUT2D eigenvalue weighted by atomic mass is 9.41. The fraction of sp³-hybridized carbons (Fsp3) is 0.718. The van der Waals surface area contributed by atoms with Crippen LogP contribution >= 0.6 is 0 Å². The molecular weight excluding hydrogens is 1440 g/mol. The number of carbonyl (C=O) groups is 7. The molecule has 0 aromatic carbocycles. The highest BCUT2D eigenvalue weighted by Crippen LogP contribution is 2.79. The van der Waals surface area contributed by atoms with Gasteiger partial charge in [-0.1, -0.05) is 100 Å². The highest BCUT2D eigenvalue weighted by atomic mass is 16.7. The van der Waals surface area contributed by atoms with E-state index >= 15 is 0 Å². The van der Waals surface area contributed by atoms with Crippen LogP contribution in [0.5, 0.6) is 0 Å². The molecule has 5 aliphatic heterocycles. The lowest BCUT2D eigenvalue weighted by Crippen LogP contribution is -2.75. The van der Waals surface area contributed by atoms with Gasteiger partial charge in [-0.25, -0.2) is 14.4 Å². The van der Waals surface area contributed by atoms with Gasteiger partial charge in [0.05, 0.1) is 55.9 Å². The van der Waals surface area contributed by atoms with Gasteiger partial charge in [-0.2, -0.15) is 0 Å². The van der Waals surface area contributed by atoms with Crippen molar-refractivity contribution in [1.29, 1.82) is 0 Å². The molecule has 32 atom stereocenters. The molecule has 7 saturated carbocycles. The molecule has 6 heterocycles. The molecule has 25 unspecified atom stereocenters. The Hall–Kier alpha value is -6.24. The first kappa shape index (κ1) is 80.0. The Morgan fingerprint density at radius 1 is 0.712 bits per heavy atom. The molecule has 26 heteroatoms. The number of epoxide rings is 2. The SMILES string of the molecule is C=C1C([C@@]2(C)C=CC(=O)C(C)(C)[C@@H]2CC(=O)OC)[C@H](C)[C@H](C)[C@@]2(C)[C@H](C3=CC(=O)OC3O)C[C@H]3OC132.CC(=O)OC1CC2C(C)(C)C(=O)C=CC2(C)C2CC(=O)C3=C(CCC3C3=CC(=O)OC3O)C12C.CC12CCC3C(CCC4(OC5OC(CO)C(O)C(O)C5O)C5OC5CCC34O)C1(O)CC(O)C2c1ccc(=O)oc1.